The van der Waals surface area contributed by atoms with Crippen LogP contribution in [0.4, 0.5) is 0 Å². The van der Waals surface area contributed by atoms with E-state index < -0.39 is 10.0 Å². The molecule has 0 saturated heterocycles. The first-order chi connectivity index (χ1) is 6.92. The molecule has 0 N–H and O–H groups in total. The van der Waals surface area contributed by atoms with Gasteiger partial charge in [-0.1, -0.05) is 15.9 Å². The fourth-order valence-electron chi connectivity index (χ4n) is 0.824. The second-order valence-electron chi connectivity index (χ2n) is 3.11. The summed E-state index contributed by atoms with van der Waals surface area (Å²) in [5, 5.41) is 0. The summed E-state index contributed by atoms with van der Waals surface area (Å²) < 4.78 is 27.6. The highest BCUT2D eigenvalue weighted by atomic mass is 79.9. The van der Waals surface area contributed by atoms with Gasteiger partial charge in [-0.2, -0.15) is 8.42 Å². The number of benzene rings is 1. The Kier molecular flexibility index (Phi) is 3.87. The van der Waals surface area contributed by atoms with Crippen LogP contribution >= 0.6 is 15.9 Å². The second-order valence-corrected chi connectivity index (χ2v) is 5.66. The number of hydrogen-bond acceptors (Lipinski definition) is 2. The highest BCUT2D eigenvalue weighted by Crippen LogP contribution is 2.16. The fourth-order valence-corrected chi connectivity index (χ4v) is 2.00. The third-order valence-electron chi connectivity index (χ3n) is 1.53. The molecule has 0 aliphatic heterocycles. The second kappa shape index (κ2) is 4.76. The van der Waals surface area contributed by atoms with E-state index in [0.717, 1.165) is 4.47 Å². The van der Waals surface area contributed by atoms with Crippen molar-refractivity contribution in [2.24, 2.45) is 4.40 Å². The minimum Gasteiger partial charge on any atom is -0.368 e. The summed E-state index contributed by atoms with van der Waals surface area (Å²) in [6.07, 6.45) is 1.26. The highest BCUT2D eigenvalue weighted by molar-refractivity contribution is 9.10. The first-order valence-corrected chi connectivity index (χ1v) is 6.37. The smallest absolute Gasteiger partial charge is 0.283 e. The number of rotatable bonds is 3. The van der Waals surface area contributed by atoms with Crippen molar-refractivity contribution in [2.75, 3.05) is 14.1 Å². The van der Waals surface area contributed by atoms with Crippen LogP contribution in [-0.2, 0) is 10.0 Å². The molecular formula is C9H11BrN2O2S. The molecule has 15 heavy (non-hydrogen) atoms. The van der Waals surface area contributed by atoms with Gasteiger partial charge in [0, 0.05) is 18.6 Å². The van der Waals surface area contributed by atoms with Gasteiger partial charge in [-0.3, -0.25) is 0 Å². The Hall–Kier alpha value is -0.880. The first-order valence-electron chi connectivity index (χ1n) is 4.14. The zero-order valence-electron chi connectivity index (χ0n) is 8.38. The average molecular weight is 291 g/mol. The van der Waals surface area contributed by atoms with Gasteiger partial charge in [0.25, 0.3) is 10.0 Å². The van der Waals surface area contributed by atoms with Crippen LogP contribution in [0.3, 0.4) is 0 Å². The highest BCUT2D eigenvalue weighted by Gasteiger charge is 2.10. The Morgan fingerprint density at radius 2 is 1.80 bits per heavy atom. The van der Waals surface area contributed by atoms with Gasteiger partial charge in [0.05, 0.1) is 4.90 Å². The molecule has 0 aliphatic rings. The van der Waals surface area contributed by atoms with Crippen LogP contribution in [0.25, 0.3) is 0 Å². The van der Waals surface area contributed by atoms with Crippen LogP contribution in [0.1, 0.15) is 0 Å². The van der Waals surface area contributed by atoms with E-state index in [1.165, 1.54) is 18.5 Å². The maximum atomic E-state index is 11.6. The fraction of sp³-hybridized carbons (Fsp3) is 0.222. The summed E-state index contributed by atoms with van der Waals surface area (Å²) >= 11 is 3.23. The molecule has 0 atom stereocenters. The average Bonchev–Trinajstić information content (AvgIpc) is 2.16. The molecule has 0 fully saturated rings. The maximum absolute atomic E-state index is 11.6. The first kappa shape index (κ1) is 12.2. The maximum Gasteiger partial charge on any atom is 0.283 e. The van der Waals surface area contributed by atoms with Crippen molar-refractivity contribution in [2.45, 2.75) is 4.90 Å². The monoisotopic (exact) mass is 290 g/mol. The predicted molar refractivity (Wildman–Crippen MR) is 63.5 cm³/mol. The van der Waals surface area contributed by atoms with E-state index in [4.69, 9.17) is 0 Å². The number of hydrogen-bond donors (Lipinski definition) is 0. The van der Waals surface area contributed by atoms with Crippen LogP contribution in [0.2, 0.25) is 0 Å². The summed E-state index contributed by atoms with van der Waals surface area (Å²) in [6, 6.07) is 6.34. The molecule has 0 bridgehead atoms. The van der Waals surface area contributed by atoms with Crippen molar-refractivity contribution < 1.29 is 8.42 Å². The minimum absolute atomic E-state index is 0.184. The Labute approximate surface area is 97.8 Å². The molecule has 0 aromatic heterocycles. The zero-order valence-corrected chi connectivity index (χ0v) is 10.8. The van der Waals surface area contributed by atoms with Gasteiger partial charge in [0.2, 0.25) is 0 Å². The van der Waals surface area contributed by atoms with E-state index >= 15 is 0 Å². The largest absolute Gasteiger partial charge is 0.368 e. The summed E-state index contributed by atoms with van der Waals surface area (Å²) in [5.74, 6) is 0. The van der Waals surface area contributed by atoms with Crippen LogP contribution in [0.15, 0.2) is 38.0 Å². The standard InChI is InChI=1S/C9H11BrN2O2S/c1-12(2)7-11-15(13,14)9-5-3-8(10)4-6-9/h3-7H,1-2H3/b11-7+. The van der Waals surface area contributed by atoms with E-state index in [2.05, 4.69) is 20.3 Å². The molecule has 1 rings (SSSR count). The Morgan fingerprint density at radius 3 is 2.27 bits per heavy atom. The predicted octanol–water partition coefficient (Wildman–Crippen LogP) is 1.73. The van der Waals surface area contributed by atoms with Gasteiger partial charge < -0.3 is 4.90 Å². The lowest BCUT2D eigenvalue weighted by atomic mass is 10.4. The van der Waals surface area contributed by atoms with Crippen molar-refractivity contribution in [1.82, 2.24) is 4.90 Å². The van der Waals surface area contributed by atoms with Crippen molar-refractivity contribution in [3.63, 3.8) is 0 Å². The van der Waals surface area contributed by atoms with Crippen LogP contribution in [-0.4, -0.2) is 33.8 Å². The van der Waals surface area contributed by atoms with E-state index in [1.54, 1.807) is 31.1 Å². The molecule has 0 heterocycles. The third kappa shape index (κ3) is 3.64. The van der Waals surface area contributed by atoms with Crippen LogP contribution < -0.4 is 0 Å². The lowest BCUT2D eigenvalue weighted by Crippen LogP contribution is -2.10. The molecule has 0 unspecified atom stereocenters. The number of nitrogens with zero attached hydrogens (tertiary/aromatic N) is 2. The molecule has 0 saturated carbocycles. The van der Waals surface area contributed by atoms with Crippen molar-refractivity contribution in [1.29, 1.82) is 0 Å². The van der Waals surface area contributed by atoms with Crippen molar-refractivity contribution in [3.05, 3.63) is 28.7 Å². The lowest BCUT2D eigenvalue weighted by molar-refractivity contribution is 0.595. The molecule has 0 amide bonds. The Balaban J connectivity index is 3.02. The number of sulfonamides is 1. The SMILES string of the molecule is CN(C)/C=N/S(=O)(=O)c1ccc(Br)cc1. The van der Waals surface area contributed by atoms with Gasteiger partial charge in [-0.15, -0.1) is 4.40 Å². The lowest BCUT2D eigenvalue weighted by Gasteiger charge is -2.03. The molecular weight excluding hydrogens is 280 g/mol. The van der Waals surface area contributed by atoms with Gasteiger partial charge in [-0.25, -0.2) is 0 Å². The topological polar surface area (TPSA) is 49.7 Å². The minimum atomic E-state index is -3.57. The Bertz CT molecular complexity index is 452. The van der Waals surface area contributed by atoms with Crippen molar-refractivity contribution in [3.8, 4) is 0 Å². The molecule has 0 spiro atoms. The molecule has 4 nitrogen and oxygen atoms in total. The van der Waals surface area contributed by atoms with E-state index in [9.17, 15) is 8.42 Å². The summed E-state index contributed by atoms with van der Waals surface area (Å²) in [5.41, 5.74) is 0. The summed E-state index contributed by atoms with van der Waals surface area (Å²) in [4.78, 5) is 1.75. The van der Waals surface area contributed by atoms with Gasteiger partial charge in [-0.05, 0) is 24.3 Å². The molecule has 1 aromatic rings. The van der Waals surface area contributed by atoms with E-state index in [-0.39, 0.29) is 4.90 Å². The normalized spacial score (nSPS) is 11.9. The summed E-state index contributed by atoms with van der Waals surface area (Å²) in [6.45, 7) is 0. The van der Waals surface area contributed by atoms with Crippen molar-refractivity contribution >= 4 is 32.3 Å². The van der Waals surface area contributed by atoms with E-state index in [0.29, 0.717) is 0 Å². The van der Waals surface area contributed by atoms with Crippen LogP contribution in [0.5, 0.6) is 0 Å². The zero-order chi connectivity index (χ0) is 11.5. The van der Waals surface area contributed by atoms with Crippen LogP contribution in [0, 0.1) is 0 Å². The quantitative estimate of drug-likeness (QED) is 0.629. The third-order valence-corrected chi connectivity index (χ3v) is 3.30. The molecule has 82 valence electrons. The molecule has 0 aliphatic carbocycles. The van der Waals surface area contributed by atoms with Gasteiger partial charge in [0.15, 0.2) is 0 Å². The molecule has 0 radical (unpaired) electrons. The molecule has 6 heteroatoms. The Morgan fingerprint density at radius 1 is 1.27 bits per heavy atom. The van der Waals surface area contributed by atoms with Gasteiger partial charge >= 0.3 is 0 Å². The number of halogens is 1. The van der Waals surface area contributed by atoms with Gasteiger partial charge in [0.1, 0.15) is 6.34 Å². The van der Waals surface area contributed by atoms with E-state index in [1.807, 2.05) is 0 Å². The summed E-state index contributed by atoms with van der Waals surface area (Å²) in [7, 11) is -0.147. The molecule has 1 aromatic carbocycles.